The van der Waals surface area contributed by atoms with E-state index in [9.17, 15) is 8.42 Å². The van der Waals surface area contributed by atoms with Crippen LogP contribution in [0.4, 0.5) is 0 Å². The maximum absolute atomic E-state index is 12.5. The third-order valence-corrected chi connectivity index (χ3v) is 6.60. The van der Waals surface area contributed by atoms with E-state index in [1.54, 1.807) is 13.1 Å². The topological polar surface area (TPSA) is 63.4 Å². The van der Waals surface area contributed by atoms with Crippen LogP contribution in [0.2, 0.25) is 0 Å². The van der Waals surface area contributed by atoms with Crippen LogP contribution in [0.5, 0.6) is 0 Å². The highest BCUT2D eigenvalue weighted by atomic mass is 32.2. The second kappa shape index (κ2) is 6.70. The molecule has 0 saturated heterocycles. The molecule has 0 spiro atoms. The van der Waals surface area contributed by atoms with Crippen molar-refractivity contribution in [3.8, 4) is 0 Å². The third kappa shape index (κ3) is 3.91. The van der Waals surface area contributed by atoms with Gasteiger partial charge in [0.05, 0.1) is 0 Å². The van der Waals surface area contributed by atoms with Crippen LogP contribution in [0, 0.1) is 6.92 Å². The van der Waals surface area contributed by atoms with Crippen molar-refractivity contribution in [2.24, 2.45) is 5.73 Å². The molecule has 0 radical (unpaired) electrons. The summed E-state index contributed by atoms with van der Waals surface area (Å²) in [6, 6.07) is 11.4. The van der Waals surface area contributed by atoms with Crippen molar-refractivity contribution in [3.63, 3.8) is 0 Å². The van der Waals surface area contributed by atoms with Gasteiger partial charge in [0.1, 0.15) is 4.21 Å². The van der Waals surface area contributed by atoms with E-state index in [1.807, 2.05) is 37.3 Å². The number of sulfonamides is 1. The van der Waals surface area contributed by atoms with E-state index in [2.05, 4.69) is 0 Å². The van der Waals surface area contributed by atoms with E-state index in [0.29, 0.717) is 23.7 Å². The van der Waals surface area contributed by atoms with Gasteiger partial charge >= 0.3 is 0 Å². The second-order valence-corrected chi connectivity index (χ2v) is 8.45. The summed E-state index contributed by atoms with van der Waals surface area (Å²) in [5.41, 5.74) is 7.61. The molecule has 4 nitrogen and oxygen atoms in total. The zero-order valence-electron chi connectivity index (χ0n) is 12.2. The first-order chi connectivity index (χ1) is 9.93. The number of nitrogens with zero attached hydrogens (tertiary/aromatic N) is 1. The number of aryl methyl sites for hydroxylation is 1. The molecule has 2 rings (SSSR count). The summed E-state index contributed by atoms with van der Waals surface area (Å²) in [6.07, 6.45) is 0.710. The van der Waals surface area contributed by atoms with Crippen molar-refractivity contribution in [3.05, 3.63) is 52.4 Å². The molecule has 0 bridgehead atoms. The lowest BCUT2D eigenvalue weighted by molar-refractivity contribution is 0.468. The quantitative estimate of drug-likeness (QED) is 0.887. The Balaban J connectivity index is 2.17. The molecule has 0 aliphatic heterocycles. The fraction of sp³-hybridized carbons (Fsp3) is 0.333. The van der Waals surface area contributed by atoms with Crippen LogP contribution in [0.1, 0.15) is 16.0 Å². The molecule has 1 aromatic heterocycles. The number of rotatable bonds is 6. The number of nitrogens with two attached hydrogens (primary N) is 1. The normalized spacial score (nSPS) is 12.0. The van der Waals surface area contributed by atoms with Gasteiger partial charge in [0, 0.05) is 18.5 Å². The minimum Gasteiger partial charge on any atom is -0.330 e. The fourth-order valence-electron chi connectivity index (χ4n) is 2.08. The Labute approximate surface area is 130 Å². The molecule has 0 aliphatic carbocycles. The molecule has 2 N–H and O–H groups in total. The van der Waals surface area contributed by atoms with Crippen LogP contribution < -0.4 is 5.73 Å². The summed E-state index contributed by atoms with van der Waals surface area (Å²) in [5.74, 6) is 0. The Kier molecular flexibility index (Phi) is 5.16. The lowest BCUT2D eigenvalue weighted by atomic mass is 10.1. The summed E-state index contributed by atoms with van der Waals surface area (Å²) >= 11 is 1.30. The molecule has 6 heteroatoms. The third-order valence-electron chi connectivity index (χ3n) is 3.18. The Morgan fingerprint density at radius 2 is 2.00 bits per heavy atom. The molecule has 1 heterocycles. The number of thiophene rings is 1. The van der Waals surface area contributed by atoms with E-state index in [4.69, 9.17) is 5.73 Å². The van der Waals surface area contributed by atoms with Crippen LogP contribution in [-0.4, -0.2) is 26.3 Å². The average molecular weight is 324 g/mol. The minimum atomic E-state index is -3.44. The second-order valence-electron chi connectivity index (χ2n) is 5.01. The van der Waals surface area contributed by atoms with Gasteiger partial charge < -0.3 is 5.73 Å². The number of hydrogen-bond acceptors (Lipinski definition) is 4. The molecular formula is C15H20N2O2S2. The van der Waals surface area contributed by atoms with Gasteiger partial charge in [-0.2, -0.15) is 4.31 Å². The number of hydrogen-bond donors (Lipinski definition) is 1. The van der Waals surface area contributed by atoms with Crippen molar-refractivity contribution in [1.82, 2.24) is 4.31 Å². The van der Waals surface area contributed by atoms with Crippen LogP contribution in [-0.2, 0) is 23.0 Å². The minimum absolute atomic E-state index is 0.369. The van der Waals surface area contributed by atoms with Gasteiger partial charge in [-0.25, -0.2) is 8.42 Å². The first kappa shape index (κ1) is 16.2. The summed E-state index contributed by atoms with van der Waals surface area (Å²) in [4.78, 5) is 1.00. The summed E-state index contributed by atoms with van der Waals surface area (Å²) < 4.78 is 26.9. The van der Waals surface area contributed by atoms with E-state index >= 15 is 0 Å². The van der Waals surface area contributed by atoms with Gasteiger partial charge in [-0.1, -0.05) is 29.8 Å². The SMILES string of the molecule is Cc1cccc(CN(C)S(=O)(=O)c2ccc(CCN)s2)c1. The van der Waals surface area contributed by atoms with Crippen LogP contribution in [0.25, 0.3) is 0 Å². The molecule has 21 heavy (non-hydrogen) atoms. The smallest absolute Gasteiger partial charge is 0.252 e. The Hall–Kier alpha value is -1.21. The van der Waals surface area contributed by atoms with E-state index in [0.717, 1.165) is 16.0 Å². The van der Waals surface area contributed by atoms with Crippen molar-refractivity contribution in [2.75, 3.05) is 13.6 Å². The molecule has 0 saturated carbocycles. The monoisotopic (exact) mass is 324 g/mol. The zero-order valence-corrected chi connectivity index (χ0v) is 13.9. The predicted molar refractivity (Wildman–Crippen MR) is 86.9 cm³/mol. The molecule has 114 valence electrons. The lowest BCUT2D eigenvalue weighted by Crippen LogP contribution is -2.25. The zero-order chi connectivity index (χ0) is 15.5. The highest BCUT2D eigenvalue weighted by Gasteiger charge is 2.22. The molecular weight excluding hydrogens is 304 g/mol. The van der Waals surface area contributed by atoms with Gasteiger partial charge in [0.15, 0.2) is 0 Å². The molecule has 0 atom stereocenters. The molecule has 0 aliphatic rings. The average Bonchev–Trinajstić information content (AvgIpc) is 2.88. The van der Waals surface area contributed by atoms with E-state index in [1.165, 1.54) is 15.6 Å². The first-order valence-corrected chi connectivity index (χ1v) is 9.00. The fourth-order valence-corrected chi connectivity index (χ4v) is 4.82. The van der Waals surface area contributed by atoms with Crippen LogP contribution >= 0.6 is 11.3 Å². The van der Waals surface area contributed by atoms with Gasteiger partial charge in [0.2, 0.25) is 0 Å². The summed E-state index contributed by atoms with van der Waals surface area (Å²) in [6.45, 7) is 2.89. The van der Waals surface area contributed by atoms with Gasteiger partial charge in [-0.15, -0.1) is 11.3 Å². The van der Waals surface area contributed by atoms with Crippen LogP contribution in [0.3, 0.4) is 0 Å². The van der Waals surface area contributed by atoms with Crippen molar-refractivity contribution in [1.29, 1.82) is 0 Å². The lowest BCUT2D eigenvalue weighted by Gasteiger charge is -2.16. The van der Waals surface area contributed by atoms with Crippen LogP contribution in [0.15, 0.2) is 40.6 Å². The summed E-state index contributed by atoms with van der Waals surface area (Å²) in [7, 11) is -1.83. The predicted octanol–water partition coefficient (Wildman–Crippen LogP) is 2.38. The van der Waals surface area contributed by atoms with Gasteiger partial charge in [-0.3, -0.25) is 0 Å². The highest BCUT2D eigenvalue weighted by Crippen LogP contribution is 2.25. The first-order valence-electron chi connectivity index (χ1n) is 6.74. The van der Waals surface area contributed by atoms with E-state index < -0.39 is 10.0 Å². The number of benzene rings is 1. The standard InChI is InChI=1S/C15H20N2O2S2/c1-12-4-3-5-13(10-12)11-17(2)21(18,19)15-7-6-14(20-15)8-9-16/h3-7,10H,8-9,11,16H2,1-2H3. The van der Waals surface area contributed by atoms with Gasteiger partial charge in [-0.05, 0) is 37.6 Å². The largest absolute Gasteiger partial charge is 0.330 e. The van der Waals surface area contributed by atoms with Crippen molar-refractivity contribution in [2.45, 2.75) is 24.1 Å². The molecule has 2 aromatic rings. The Morgan fingerprint density at radius 1 is 1.24 bits per heavy atom. The van der Waals surface area contributed by atoms with E-state index in [-0.39, 0.29) is 0 Å². The highest BCUT2D eigenvalue weighted by molar-refractivity contribution is 7.91. The molecule has 0 amide bonds. The molecule has 1 aromatic carbocycles. The Bertz CT molecular complexity index is 708. The maximum Gasteiger partial charge on any atom is 0.252 e. The van der Waals surface area contributed by atoms with Crippen molar-refractivity contribution >= 4 is 21.4 Å². The Morgan fingerprint density at radius 3 is 2.67 bits per heavy atom. The van der Waals surface area contributed by atoms with Crippen molar-refractivity contribution < 1.29 is 8.42 Å². The molecule has 0 fully saturated rings. The maximum atomic E-state index is 12.5. The molecule has 0 unspecified atom stereocenters. The summed E-state index contributed by atoms with van der Waals surface area (Å²) in [5, 5.41) is 0. The van der Waals surface area contributed by atoms with Gasteiger partial charge in [0.25, 0.3) is 10.0 Å².